The molecule has 1 aromatic rings. The van der Waals surface area contributed by atoms with Crippen molar-refractivity contribution in [1.82, 2.24) is 20.2 Å². The van der Waals surface area contributed by atoms with Crippen LogP contribution in [0.5, 0.6) is 0 Å². The predicted octanol–water partition coefficient (Wildman–Crippen LogP) is -0.0510. The minimum Gasteiger partial charge on any atom is -0.305 e. The fourth-order valence-electron chi connectivity index (χ4n) is 0.826. The molecule has 5 heteroatoms. The van der Waals surface area contributed by atoms with Crippen LogP contribution in [0.1, 0.15) is 12.7 Å². The molecule has 0 atom stereocenters. The van der Waals surface area contributed by atoms with Crippen LogP contribution in [0.2, 0.25) is 0 Å². The zero-order chi connectivity index (χ0) is 8.10. The molecule has 0 bridgehead atoms. The van der Waals surface area contributed by atoms with Gasteiger partial charge in [-0.15, -0.1) is 0 Å². The fourth-order valence-corrected chi connectivity index (χ4v) is 0.826. The molecule has 1 N–H and O–H groups in total. The predicted molar refractivity (Wildman–Crippen MR) is 39.5 cm³/mol. The van der Waals surface area contributed by atoms with E-state index in [4.69, 9.17) is 0 Å². The maximum atomic E-state index is 4.68. The van der Waals surface area contributed by atoms with Gasteiger partial charge in [-0.05, 0) is 6.92 Å². The van der Waals surface area contributed by atoms with E-state index in [1.807, 2.05) is 11.6 Å². The average Bonchev–Trinajstić information content (AvgIpc) is 2.47. The molecule has 0 aliphatic carbocycles. The summed E-state index contributed by atoms with van der Waals surface area (Å²) in [6.45, 7) is 3.44. The second kappa shape index (κ2) is 4.05. The van der Waals surface area contributed by atoms with Crippen molar-refractivity contribution in [2.75, 3.05) is 7.11 Å². The molecular weight excluding hydrogens is 144 g/mol. The fraction of sp³-hybridized carbons (Fsp3) is 0.667. The summed E-state index contributed by atoms with van der Waals surface area (Å²) in [6, 6.07) is 0. The quantitative estimate of drug-likeness (QED) is 0.621. The number of aromatic nitrogens is 3. The molecule has 1 rings (SSSR count). The smallest absolute Gasteiger partial charge is 0.143 e. The van der Waals surface area contributed by atoms with Gasteiger partial charge in [-0.1, -0.05) is 0 Å². The molecule has 0 saturated heterocycles. The van der Waals surface area contributed by atoms with Crippen molar-refractivity contribution in [3.05, 3.63) is 12.2 Å². The number of aryl methyl sites for hydroxylation is 1. The Kier molecular flexibility index (Phi) is 3.00. The third-order valence-corrected chi connectivity index (χ3v) is 1.37. The van der Waals surface area contributed by atoms with Crippen LogP contribution >= 0.6 is 0 Å². The third-order valence-electron chi connectivity index (χ3n) is 1.37. The summed E-state index contributed by atoms with van der Waals surface area (Å²) >= 11 is 0. The van der Waals surface area contributed by atoms with Gasteiger partial charge >= 0.3 is 0 Å². The Bertz CT molecular complexity index is 210. The van der Waals surface area contributed by atoms with Gasteiger partial charge in [0.1, 0.15) is 12.2 Å². The van der Waals surface area contributed by atoms with E-state index in [-0.39, 0.29) is 0 Å². The van der Waals surface area contributed by atoms with Crippen LogP contribution in [0.15, 0.2) is 6.33 Å². The maximum absolute atomic E-state index is 4.68. The average molecular weight is 156 g/mol. The minimum atomic E-state index is 0.588. The Morgan fingerprint density at radius 1 is 1.73 bits per heavy atom. The minimum absolute atomic E-state index is 0.588. The maximum Gasteiger partial charge on any atom is 0.143 e. The number of hydrogen-bond donors (Lipinski definition) is 1. The highest BCUT2D eigenvalue weighted by molar-refractivity contribution is 4.81. The summed E-state index contributed by atoms with van der Waals surface area (Å²) in [5.74, 6) is 0.884. The summed E-state index contributed by atoms with van der Waals surface area (Å²) < 4.78 is 1.81. The van der Waals surface area contributed by atoms with Gasteiger partial charge in [0.15, 0.2) is 0 Å². The monoisotopic (exact) mass is 156 g/mol. The molecule has 0 radical (unpaired) electrons. The second-order valence-electron chi connectivity index (χ2n) is 2.02. The van der Waals surface area contributed by atoms with Crippen molar-refractivity contribution in [2.24, 2.45) is 0 Å². The van der Waals surface area contributed by atoms with Crippen LogP contribution in [0.25, 0.3) is 0 Å². The molecule has 5 nitrogen and oxygen atoms in total. The topological polar surface area (TPSA) is 52.0 Å². The first-order valence-corrected chi connectivity index (χ1v) is 3.51. The van der Waals surface area contributed by atoms with Crippen molar-refractivity contribution >= 4 is 0 Å². The largest absolute Gasteiger partial charge is 0.305 e. The van der Waals surface area contributed by atoms with Crippen molar-refractivity contribution in [3.63, 3.8) is 0 Å². The zero-order valence-corrected chi connectivity index (χ0v) is 6.74. The Morgan fingerprint density at radius 3 is 3.18 bits per heavy atom. The number of hydrogen-bond acceptors (Lipinski definition) is 4. The Hall–Kier alpha value is -0.940. The van der Waals surface area contributed by atoms with Gasteiger partial charge in [-0.2, -0.15) is 10.6 Å². The molecule has 0 spiro atoms. The normalized spacial score (nSPS) is 10.4. The molecule has 1 heterocycles. The van der Waals surface area contributed by atoms with Crippen LogP contribution in [0.3, 0.4) is 0 Å². The lowest BCUT2D eigenvalue weighted by atomic mass is 10.6. The standard InChI is InChI=1S/C6H12N4O/c1-3-10-6(4-9-11-2)7-5-8-10/h5,9H,3-4H2,1-2H3. The van der Waals surface area contributed by atoms with Crippen LogP contribution in [-0.2, 0) is 17.9 Å². The summed E-state index contributed by atoms with van der Waals surface area (Å²) in [6.07, 6.45) is 1.54. The van der Waals surface area contributed by atoms with Crippen LogP contribution in [-0.4, -0.2) is 21.9 Å². The van der Waals surface area contributed by atoms with E-state index in [9.17, 15) is 0 Å². The Labute approximate surface area is 65.3 Å². The van der Waals surface area contributed by atoms with Gasteiger partial charge in [0.25, 0.3) is 0 Å². The van der Waals surface area contributed by atoms with Crippen molar-refractivity contribution in [2.45, 2.75) is 20.0 Å². The van der Waals surface area contributed by atoms with Crippen molar-refractivity contribution in [3.8, 4) is 0 Å². The van der Waals surface area contributed by atoms with Gasteiger partial charge in [-0.3, -0.25) is 0 Å². The number of rotatable bonds is 4. The van der Waals surface area contributed by atoms with E-state index in [0.29, 0.717) is 6.54 Å². The third kappa shape index (κ3) is 1.99. The van der Waals surface area contributed by atoms with Gasteiger partial charge in [-0.25, -0.2) is 9.67 Å². The van der Waals surface area contributed by atoms with E-state index in [1.165, 1.54) is 6.33 Å². The van der Waals surface area contributed by atoms with Crippen LogP contribution in [0, 0.1) is 0 Å². The SMILES string of the molecule is CCn1ncnc1CNOC. The summed E-state index contributed by atoms with van der Waals surface area (Å²) in [4.78, 5) is 8.72. The van der Waals surface area contributed by atoms with Crippen LogP contribution in [0.4, 0.5) is 0 Å². The first-order chi connectivity index (χ1) is 5.38. The Balaban J connectivity index is 2.54. The van der Waals surface area contributed by atoms with E-state index in [2.05, 4.69) is 20.4 Å². The highest BCUT2D eigenvalue weighted by Gasteiger charge is 1.99. The van der Waals surface area contributed by atoms with E-state index in [1.54, 1.807) is 7.11 Å². The lowest BCUT2D eigenvalue weighted by molar-refractivity contribution is 0.0838. The number of nitrogens with one attached hydrogen (secondary N) is 1. The molecule has 0 aliphatic heterocycles. The molecule has 0 amide bonds. The van der Waals surface area contributed by atoms with E-state index in [0.717, 1.165) is 12.4 Å². The Morgan fingerprint density at radius 2 is 2.55 bits per heavy atom. The zero-order valence-electron chi connectivity index (χ0n) is 6.74. The van der Waals surface area contributed by atoms with E-state index >= 15 is 0 Å². The van der Waals surface area contributed by atoms with Gasteiger partial charge in [0.2, 0.25) is 0 Å². The van der Waals surface area contributed by atoms with E-state index < -0.39 is 0 Å². The molecule has 0 unspecified atom stereocenters. The molecule has 11 heavy (non-hydrogen) atoms. The van der Waals surface area contributed by atoms with Crippen molar-refractivity contribution < 1.29 is 4.84 Å². The molecule has 0 fully saturated rings. The van der Waals surface area contributed by atoms with Crippen molar-refractivity contribution in [1.29, 1.82) is 0 Å². The molecular formula is C6H12N4O. The first-order valence-electron chi connectivity index (χ1n) is 3.51. The summed E-state index contributed by atoms with van der Waals surface area (Å²) in [5, 5.41) is 4.00. The summed E-state index contributed by atoms with van der Waals surface area (Å²) in [5.41, 5.74) is 2.70. The first kappa shape index (κ1) is 8.16. The van der Waals surface area contributed by atoms with Crippen LogP contribution < -0.4 is 5.48 Å². The number of nitrogens with zero attached hydrogens (tertiary/aromatic N) is 3. The highest BCUT2D eigenvalue weighted by Crippen LogP contribution is 1.91. The molecule has 1 aromatic heterocycles. The van der Waals surface area contributed by atoms with Gasteiger partial charge < -0.3 is 4.84 Å². The van der Waals surface area contributed by atoms with Gasteiger partial charge in [0.05, 0.1) is 13.7 Å². The lowest BCUT2D eigenvalue weighted by Gasteiger charge is -2.01. The highest BCUT2D eigenvalue weighted by atomic mass is 16.6. The summed E-state index contributed by atoms with van der Waals surface area (Å²) in [7, 11) is 1.58. The molecule has 62 valence electrons. The van der Waals surface area contributed by atoms with Gasteiger partial charge in [0, 0.05) is 6.54 Å². The molecule has 0 aliphatic rings. The molecule has 0 saturated carbocycles. The lowest BCUT2D eigenvalue weighted by Crippen LogP contribution is -2.15. The second-order valence-corrected chi connectivity index (χ2v) is 2.02. The molecule has 0 aromatic carbocycles. The number of hydroxylamine groups is 1.